The molecular weight excluding hydrogens is 392 g/mol. The highest BCUT2D eigenvalue weighted by molar-refractivity contribution is 6.30. The van der Waals surface area contributed by atoms with Gasteiger partial charge in [-0.1, -0.05) is 6.07 Å². The van der Waals surface area contributed by atoms with Gasteiger partial charge in [-0.25, -0.2) is 4.98 Å². The van der Waals surface area contributed by atoms with Crippen LogP contribution in [-0.4, -0.2) is 70.7 Å². The van der Waals surface area contributed by atoms with Crippen LogP contribution in [0.15, 0.2) is 42.2 Å². The molecule has 3 heterocycles. The largest absolute Gasteiger partial charge is 0.509 e. The molecule has 2 aliphatic rings. The van der Waals surface area contributed by atoms with Gasteiger partial charge in [0.2, 0.25) is 0 Å². The number of nitrogens with zero attached hydrogens (tertiary/aromatic N) is 4. The lowest BCUT2D eigenvalue weighted by atomic mass is 10.2. The molecular formula is C23H26N6O2. The lowest BCUT2D eigenvalue weighted by molar-refractivity contribution is 0.313. The highest BCUT2D eigenvalue weighted by Crippen LogP contribution is 2.33. The van der Waals surface area contributed by atoms with Crippen molar-refractivity contribution in [3.05, 3.63) is 53.5 Å². The van der Waals surface area contributed by atoms with Crippen molar-refractivity contribution < 1.29 is 10.2 Å². The molecule has 3 aromatic rings. The quantitative estimate of drug-likeness (QED) is 0.521. The topological polar surface area (TPSA) is 103 Å². The number of fused-ring (bicyclic) bond motifs is 1. The average molecular weight is 419 g/mol. The van der Waals surface area contributed by atoms with Crippen LogP contribution in [0, 0.1) is 12.3 Å². The Bertz CT molecular complexity index is 1210. The number of aromatic amines is 1. The van der Waals surface area contributed by atoms with E-state index in [2.05, 4.69) is 38.9 Å². The summed E-state index contributed by atoms with van der Waals surface area (Å²) < 4.78 is 0. The van der Waals surface area contributed by atoms with Gasteiger partial charge in [-0.15, -0.1) is 0 Å². The molecule has 1 saturated heterocycles. The first-order chi connectivity index (χ1) is 14.9. The number of nitrogens with one attached hydrogen (secondary N) is 2. The van der Waals surface area contributed by atoms with E-state index < -0.39 is 0 Å². The number of piperazine rings is 1. The van der Waals surface area contributed by atoms with Crippen LogP contribution in [0.25, 0.3) is 16.6 Å². The number of aromatic nitrogens is 2. The Labute approximate surface area is 180 Å². The van der Waals surface area contributed by atoms with E-state index in [1.165, 1.54) is 0 Å². The fourth-order valence-corrected chi connectivity index (χ4v) is 4.19. The van der Waals surface area contributed by atoms with Crippen molar-refractivity contribution in [3.8, 4) is 5.75 Å². The monoisotopic (exact) mass is 418 g/mol. The van der Waals surface area contributed by atoms with Crippen LogP contribution in [-0.2, 0) is 0 Å². The molecule has 0 spiro atoms. The van der Waals surface area contributed by atoms with Crippen LogP contribution in [0.1, 0.15) is 11.4 Å². The summed E-state index contributed by atoms with van der Waals surface area (Å²) in [4.78, 5) is 14.3. The molecule has 0 radical (unpaired) electrons. The second-order valence-electron chi connectivity index (χ2n) is 8.30. The lowest BCUT2D eigenvalue weighted by Crippen LogP contribution is -2.44. The molecule has 0 aliphatic carbocycles. The zero-order chi connectivity index (χ0) is 21.7. The molecule has 0 amide bonds. The summed E-state index contributed by atoms with van der Waals surface area (Å²) in [6.45, 7) is 6.03. The molecule has 2 aromatic carbocycles. The lowest BCUT2D eigenvalue weighted by Gasteiger charge is -2.34. The number of phenols is 1. The van der Waals surface area contributed by atoms with Gasteiger partial charge < -0.3 is 29.9 Å². The first-order valence-electron chi connectivity index (χ1n) is 10.4. The molecule has 5 rings (SSSR count). The van der Waals surface area contributed by atoms with Crippen molar-refractivity contribution >= 4 is 33.8 Å². The van der Waals surface area contributed by atoms with Gasteiger partial charge in [-0.05, 0) is 43.8 Å². The van der Waals surface area contributed by atoms with Gasteiger partial charge in [0.25, 0.3) is 0 Å². The molecule has 31 heavy (non-hydrogen) atoms. The minimum Gasteiger partial charge on any atom is -0.509 e. The zero-order valence-electron chi connectivity index (χ0n) is 17.7. The summed E-state index contributed by atoms with van der Waals surface area (Å²) in [5.41, 5.74) is 4.63. The van der Waals surface area contributed by atoms with Crippen LogP contribution >= 0.6 is 0 Å². The van der Waals surface area contributed by atoms with Crippen LogP contribution in [0.3, 0.4) is 0 Å². The van der Waals surface area contributed by atoms with E-state index in [9.17, 15) is 10.2 Å². The molecule has 1 aromatic heterocycles. The third kappa shape index (κ3) is 3.38. The fraction of sp³-hybridized carbons (Fsp3) is 0.304. The van der Waals surface area contributed by atoms with Gasteiger partial charge in [-0.3, -0.25) is 5.41 Å². The summed E-state index contributed by atoms with van der Waals surface area (Å²) in [5.74, 6) is 0.882. The molecule has 4 N–H and O–H groups in total. The van der Waals surface area contributed by atoms with E-state index in [1.54, 1.807) is 17.0 Å². The van der Waals surface area contributed by atoms with E-state index in [-0.39, 0.29) is 23.9 Å². The van der Waals surface area contributed by atoms with Crippen molar-refractivity contribution in [2.75, 3.05) is 49.6 Å². The van der Waals surface area contributed by atoms with Crippen molar-refractivity contribution in [1.29, 1.82) is 5.41 Å². The summed E-state index contributed by atoms with van der Waals surface area (Å²) in [6.07, 6.45) is 0. The van der Waals surface area contributed by atoms with Gasteiger partial charge >= 0.3 is 0 Å². The number of anilines is 2. The van der Waals surface area contributed by atoms with E-state index in [4.69, 9.17) is 5.41 Å². The molecule has 160 valence electrons. The maximum atomic E-state index is 10.6. The molecule has 8 heteroatoms. The normalized spacial score (nSPS) is 17.9. The van der Waals surface area contributed by atoms with Crippen molar-refractivity contribution in [2.45, 2.75) is 6.92 Å². The minimum atomic E-state index is 0.0865. The Morgan fingerprint density at radius 2 is 1.74 bits per heavy atom. The third-order valence-electron chi connectivity index (χ3n) is 6.18. The standard InChI is InChI=1S/C23H26N6O2/c1-14-3-4-16(12-19(14)30)29-13-20(31)21(22(29)24)23-25-17-6-5-15(11-18(17)26-23)28-9-7-27(2)8-10-28/h3-6,11-12,24,30-31H,7-10,13H2,1-2H3,(H,25,26). The fourth-order valence-electron chi connectivity index (χ4n) is 4.19. The smallest absolute Gasteiger partial charge is 0.145 e. The second-order valence-corrected chi connectivity index (χ2v) is 8.30. The van der Waals surface area contributed by atoms with E-state index in [0.29, 0.717) is 17.1 Å². The highest BCUT2D eigenvalue weighted by atomic mass is 16.3. The molecule has 0 unspecified atom stereocenters. The van der Waals surface area contributed by atoms with E-state index in [0.717, 1.165) is 48.5 Å². The Hall–Kier alpha value is -3.52. The van der Waals surface area contributed by atoms with Crippen LogP contribution in [0.2, 0.25) is 0 Å². The SMILES string of the molecule is Cc1ccc(N2CC(O)=C(c3nc4ccc(N5CCN(C)CC5)cc4[nH]3)C2=N)cc1O. The molecule has 8 nitrogen and oxygen atoms in total. The second kappa shape index (κ2) is 7.31. The Balaban J connectivity index is 1.44. The first-order valence-corrected chi connectivity index (χ1v) is 10.4. The number of H-pyrrole nitrogens is 1. The van der Waals surface area contributed by atoms with E-state index >= 15 is 0 Å². The molecule has 2 aliphatic heterocycles. The molecule has 0 bridgehead atoms. The van der Waals surface area contributed by atoms with Crippen molar-refractivity contribution in [3.63, 3.8) is 0 Å². The Kier molecular flexibility index (Phi) is 4.59. The van der Waals surface area contributed by atoms with Gasteiger partial charge in [0.1, 0.15) is 23.2 Å². The number of aliphatic hydroxyl groups is 1. The number of likely N-dealkylation sites (N-methyl/N-ethyl adjacent to an activating group) is 1. The maximum Gasteiger partial charge on any atom is 0.145 e. The average Bonchev–Trinajstić information content (AvgIpc) is 3.29. The maximum absolute atomic E-state index is 10.6. The minimum absolute atomic E-state index is 0.0865. The summed E-state index contributed by atoms with van der Waals surface area (Å²) >= 11 is 0. The Morgan fingerprint density at radius 3 is 2.48 bits per heavy atom. The van der Waals surface area contributed by atoms with Gasteiger partial charge in [0, 0.05) is 43.6 Å². The van der Waals surface area contributed by atoms with Crippen molar-refractivity contribution in [2.24, 2.45) is 0 Å². The van der Waals surface area contributed by atoms with Gasteiger partial charge in [0.15, 0.2) is 0 Å². The number of aryl methyl sites for hydroxylation is 1. The number of phenolic OH excluding ortho intramolecular Hbond substituents is 1. The number of aliphatic hydroxyl groups excluding tert-OH is 1. The zero-order valence-corrected chi connectivity index (χ0v) is 17.7. The van der Waals surface area contributed by atoms with E-state index in [1.807, 2.05) is 19.1 Å². The number of benzene rings is 2. The molecule has 0 saturated carbocycles. The number of hydrogen-bond donors (Lipinski definition) is 4. The Morgan fingerprint density at radius 1 is 1.00 bits per heavy atom. The predicted octanol–water partition coefficient (Wildman–Crippen LogP) is 3.10. The molecule has 1 fully saturated rings. The van der Waals surface area contributed by atoms with Crippen molar-refractivity contribution in [1.82, 2.24) is 14.9 Å². The number of amidine groups is 1. The summed E-state index contributed by atoms with van der Waals surface area (Å²) in [7, 11) is 2.14. The number of aromatic hydroxyl groups is 1. The summed E-state index contributed by atoms with van der Waals surface area (Å²) in [5, 5.41) is 29.3. The first kappa shape index (κ1) is 19.4. The predicted molar refractivity (Wildman–Crippen MR) is 123 cm³/mol. The van der Waals surface area contributed by atoms with Gasteiger partial charge in [0.05, 0.1) is 23.2 Å². The van der Waals surface area contributed by atoms with Crippen LogP contribution in [0.5, 0.6) is 5.75 Å². The van der Waals surface area contributed by atoms with Gasteiger partial charge in [-0.2, -0.15) is 0 Å². The van der Waals surface area contributed by atoms with Crippen LogP contribution in [0.4, 0.5) is 11.4 Å². The van der Waals surface area contributed by atoms with Crippen LogP contribution < -0.4 is 9.80 Å². The number of imidazole rings is 1. The number of rotatable bonds is 3. The number of hydrogen-bond acceptors (Lipinski definition) is 6. The highest BCUT2D eigenvalue weighted by Gasteiger charge is 2.31. The molecule has 0 atom stereocenters. The summed E-state index contributed by atoms with van der Waals surface area (Å²) in [6, 6.07) is 11.4. The third-order valence-corrected chi connectivity index (χ3v) is 6.18.